The highest BCUT2D eigenvalue weighted by atomic mass is 16.5. The van der Waals surface area contributed by atoms with Gasteiger partial charge in [0.15, 0.2) is 34.5 Å². The molecule has 6 bridgehead atoms. The van der Waals surface area contributed by atoms with Crippen molar-refractivity contribution in [3.8, 4) is 46.0 Å². The Balaban J connectivity index is 1.41. The van der Waals surface area contributed by atoms with Crippen LogP contribution in [0.25, 0.3) is 0 Å². The minimum absolute atomic E-state index is 0.00714. The third kappa shape index (κ3) is 4.90. The second kappa shape index (κ2) is 10.7. The molecule has 4 aromatic carbocycles. The van der Waals surface area contributed by atoms with Crippen molar-refractivity contribution < 1.29 is 29.5 Å². The summed E-state index contributed by atoms with van der Waals surface area (Å²) >= 11 is 0. The highest BCUT2D eigenvalue weighted by molar-refractivity contribution is 5.62. The van der Waals surface area contributed by atoms with Gasteiger partial charge in [0, 0.05) is 30.7 Å². The molecule has 3 N–H and O–H groups in total. The number of likely N-dealkylation sites (N-methyl/N-ethyl adjacent to an activating group) is 2. The van der Waals surface area contributed by atoms with E-state index in [0.29, 0.717) is 29.4 Å². The molecule has 2 atom stereocenters. The predicted molar refractivity (Wildman–Crippen MR) is 163 cm³/mol. The van der Waals surface area contributed by atoms with Gasteiger partial charge in [0.2, 0.25) is 5.75 Å². The van der Waals surface area contributed by atoms with Gasteiger partial charge in [-0.25, -0.2) is 0 Å². The van der Waals surface area contributed by atoms with E-state index in [1.54, 1.807) is 19.2 Å². The number of hydrogen-bond donors (Lipinski definition) is 3. The van der Waals surface area contributed by atoms with E-state index in [1.165, 1.54) is 0 Å². The van der Waals surface area contributed by atoms with Crippen LogP contribution in [-0.4, -0.2) is 59.4 Å². The predicted octanol–water partition coefficient (Wildman–Crippen LogP) is 6.25. The van der Waals surface area contributed by atoms with E-state index in [-0.39, 0.29) is 35.1 Å². The first-order chi connectivity index (χ1) is 20.8. The van der Waals surface area contributed by atoms with Crippen LogP contribution in [0.2, 0.25) is 0 Å². The van der Waals surface area contributed by atoms with Crippen molar-refractivity contribution in [3.63, 3.8) is 0 Å². The van der Waals surface area contributed by atoms with Crippen molar-refractivity contribution in [2.24, 2.45) is 0 Å². The van der Waals surface area contributed by atoms with Crippen LogP contribution in [0.1, 0.15) is 45.5 Å². The number of nitrogens with zero attached hydrogens (tertiary/aromatic N) is 2. The molecular formula is C35H36N2O6. The number of methoxy groups -OCH3 is 1. The Labute approximate surface area is 251 Å². The maximum Gasteiger partial charge on any atom is 0.201 e. The number of hydrogen-bond acceptors (Lipinski definition) is 8. The molecule has 0 spiro atoms. The van der Waals surface area contributed by atoms with Gasteiger partial charge in [-0.15, -0.1) is 0 Å². The zero-order valence-electron chi connectivity index (χ0n) is 24.6. The summed E-state index contributed by atoms with van der Waals surface area (Å²) in [5, 5.41) is 33.1. The van der Waals surface area contributed by atoms with Crippen LogP contribution in [0, 0.1) is 0 Å². The Morgan fingerprint density at radius 1 is 0.721 bits per heavy atom. The summed E-state index contributed by atoms with van der Waals surface area (Å²) < 4.78 is 18.3. The number of benzene rings is 4. The maximum absolute atomic E-state index is 11.3. The van der Waals surface area contributed by atoms with Crippen LogP contribution in [0.4, 0.5) is 0 Å². The average molecular weight is 581 g/mol. The summed E-state index contributed by atoms with van der Waals surface area (Å²) in [5.41, 5.74) is 6.23. The molecule has 4 heterocycles. The van der Waals surface area contributed by atoms with Gasteiger partial charge in [-0.1, -0.05) is 18.2 Å². The molecule has 0 unspecified atom stereocenters. The second-order valence-electron chi connectivity index (χ2n) is 11.9. The highest BCUT2D eigenvalue weighted by Crippen LogP contribution is 2.50. The third-order valence-electron chi connectivity index (χ3n) is 9.25. The summed E-state index contributed by atoms with van der Waals surface area (Å²) in [6.45, 7) is 1.69. The van der Waals surface area contributed by atoms with Crippen molar-refractivity contribution >= 4 is 0 Å². The summed E-state index contributed by atoms with van der Waals surface area (Å²) in [4.78, 5) is 4.57. The minimum Gasteiger partial charge on any atom is -0.504 e. The second-order valence-corrected chi connectivity index (χ2v) is 11.9. The molecule has 0 saturated heterocycles. The Hall–Kier alpha value is -4.40. The van der Waals surface area contributed by atoms with Crippen LogP contribution in [0.3, 0.4) is 0 Å². The molecule has 0 aliphatic carbocycles. The molecule has 4 aliphatic heterocycles. The van der Waals surface area contributed by atoms with Gasteiger partial charge in [-0.05, 0) is 110 Å². The molecule has 0 aromatic heterocycles. The normalized spacial score (nSPS) is 19.9. The van der Waals surface area contributed by atoms with Gasteiger partial charge in [-0.2, -0.15) is 0 Å². The van der Waals surface area contributed by atoms with Crippen LogP contribution in [-0.2, 0) is 25.7 Å². The van der Waals surface area contributed by atoms with Crippen molar-refractivity contribution in [1.82, 2.24) is 9.80 Å². The molecule has 8 heteroatoms. The van der Waals surface area contributed by atoms with Crippen molar-refractivity contribution in [2.45, 2.75) is 37.8 Å². The Kier molecular flexibility index (Phi) is 6.83. The molecule has 0 radical (unpaired) electrons. The monoisotopic (exact) mass is 580 g/mol. The molecule has 8 rings (SSSR count). The molecule has 8 nitrogen and oxygen atoms in total. The standard InChI is InChI=1S/C35H36N2O6/c1-36-12-10-22-17-29(39)31-19-25(22)26(36)14-20-4-7-24(8-5-20)42-35-33-23(18-32(41-3)34(35)40)11-13-37(2)27(33)15-21-6-9-28(38)30(16-21)43-31/h4-9,16-19,26-27,38-40H,10-15H2,1-3H3/t26-,27-/m0/s1. The first-order valence-electron chi connectivity index (χ1n) is 14.7. The summed E-state index contributed by atoms with van der Waals surface area (Å²) in [6, 6.07) is 18.9. The quantitative estimate of drug-likeness (QED) is 0.243. The third-order valence-corrected chi connectivity index (χ3v) is 9.25. The largest absolute Gasteiger partial charge is 0.504 e. The van der Waals surface area contributed by atoms with Crippen LogP contribution in [0.15, 0.2) is 60.7 Å². The first kappa shape index (κ1) is 27.4. The van der Waals surface area contributed by atoms with E-state index in [1.807, 2.05) is 36.4 Å². The average Bonchev–Trinajstić information content (AvgIpc) is 3.00. The number of phenols is 3. The lowest BCUT2D eigenvalue weighted by Gasteiger charge is -2.36. The van der Waals surface area contributed by atoms with Gasteiger partial charge >= 0.3 is 0 Å². The Bertz CT molecular complexity index is 1700. The van der Waals surface area contributed by atoms with Crippen molar-refractivity contribution in [2.75, 3.05) is 34.3 Å². The van der Waals surface area contributed by atoms with Crippen LogP contribution in [0.5, 0.6) is 46.0 Å². The lowest BCUT2D eigenvalue weighted by Crippen LogP contribution is -2.34. The van der Waals surface area contributed by atoms with E-state index in [9.17, 15) is 15.3 Å². The molecule has 43 heavy (non-hydrogen) atoms. The Morgan fingerprint density at radius 3 is 2.16 bits per heavy atom. The number of rotatable bonds is 1. The summed E-state index contributed by atoms with van der Waals surface area (Å²) in [5.74, 6) is 2.02. The smallest absolute Gasteiger partial charge is 0.201 e. The van der Waals surface area contributed by atoms with Gasteiger partial charge in [0.25, 0.3) is 0 Å². The summed E-state index contributed by atoms with van der Waals surface area (Å²) in [7, 11) is 5.73. The zero-order chi connectivity index (χ0) is 29.8. The molecular weight excluding hydrogens is 544 g/mol. The SMILES string of the molecule is COc1cc2c3c(c1O)Oc1ccc(cc1)C[C@H]1c4cc(c(O)cc4CCN1C)Oc1cc(ccc1O)C[C@@H]3N(C)CC2. The number of aromatic hydroxyl groups is 3. The van der Waals surface area contributed by atoms with Gasteiger partial charge in [-0.3, -0.25) is 9.80 Å². The number of ether oxygens (including phenoxy) is 3. The van der Waals surface area contributed by atoms with Gasteiger partial charge < -0.3 is 29.5 Å². The van der Waals surface area contributed by atoms with E-state index in [0.717, 1.165) is 65.7 Å². The Morgan fingerprint density at radius 2 is 1.40 bits per heavy atom. The molecule has 0 fully saturated rings. The van der Waals surface area contributed by atoms with E-state index >= 15 is 0 Å². The van der Waals surface area contributed by atoms with E-state index < -0.39 is 0 Å². The lowest BCUT2D eigenvalue weighted by atomic mass is 9.87. The van der Waals surface area contributed by atoms with E-state index in [4.69, 9.17) is 14.2 Å². The van der Waals surface area contributed by atoms with Gasteiger partial charge in [0.1, 0.15) is 5.75 Å². The molecule has 0 amide bonds. The van der Waals surface area contributed by atoms with Crippen molar-refractivity contribution in [3.05, 3.63) is 94.0 Å². The lowest BCUT2D eigenvalue weighted by molar-refractivity contribution is 0.222. The fraction of sp³-hybridized carbons (Fsp3) is 0.314. The van der Waals surface area contributed by atoms with Crippen LogP contribution < -0.4 is 14.2 Å². The van der Waals surface area contributed by atoms with E-state index in [2.05, 4.69) is 36.0 Å². The molecule has 222 valence electrons. The first-order valence-corrected chi connectivity index (χ1v) is 14.7. The number of fused-ring (bicyclic) bond motifs is 2. The van der Waals surface area contributed by atoms with Gasteiger partial charge in [0.05, 0.1) is 7.11 Å². The molecule has 4 aliphatic rings. The molecule has 0 saturated carbocycles. The maximum atomic E-state index is 11.3. The topological polar surface area (TPSA) is 94.9 Å². The number of phenolic OH excluding ortho intramolecular Hbond substituents is 3. The highest BCUT2D eigenvalue weighted by Gasteiger charge is 2.33. The molecule has 4 aromatic rings. The summed E-state index contributed by atoms with van der Waals surface area (Å²) in [6.07, 6.45) is 2.93. The fourth-order valence-electron chi connectivity index (χ4n) is 6.79. The van der Waals surface area contributed by atoms with Crippen molar-refractivity contribution in [1.29, 1.82) is 0 Å². The zero-order valence-corrected chi connectivity index (χ0v) is 24.6. The minimum atomic E-state index is -0.125. The van der Waals surface area contributed by atoms with Crippen LogP contribution >= 0.6 is 0 Å². The fourth-order valence-corrected chi connectivity index (χ4v) is 6.79.